The highest BCUT2D eigenvalue weighted by Gasteiger charge is 2.69. The summed E-state index contributed by atoms with van der Waals surface area (Å²) < 4.78 is 84.6. The van der Waals surface area contributed by atoms with Gasteiger partial charge in [-0.05, 0) is 34.1 Å². The van der Waals surface area contributed by atoms with E-state index in [2.05, 4.69) is 36.6 Å². The second-order valence-electron chi connectivity index (χ2n) is 3.19. The molecule has 0 aliphatic heterocycles. The van der Waals surface area contributed by atoms with Gasteiger partial charge in [-0.2, -0.15) is 26.0 Å². The van der Waals surface area contributed by atoms with Crippen LogP contribution >= 0.6 is 31.9 Å². The molecule has 1 N–H and O–H groups in total. The van der Waals surface area contributed by atoms with E-state index in [4.69, 9.17) is 4.55 Å². The molecular formula is C8H4Br2F4O4S. The van der Waals surface area contributed by atoms with Crippen LogP contribution in [0.2, 0.25) is 0 Å². The fourth-order valence-corrected chi connectivity index (χ4v) is 1.91. The van der Waals surface area contributed by atoms with Gasteiger partial charge in [-0.15, -0.1) is 0 Å². The molecule has 0 aliphatic carbocycles. The van der Waals surface area contributed by atoms with Gasteiger partial charge in [-0.3, -0.25) is 4.55 Å². The van der Waals surface area contributed by atoms with Crippen molar-refractivity contribution in [2.75, 3.05) is 0 Å². The minimum absolute atomic E-state index is 0.110. The minimum atomic E-state index is -6.34. The van der Waals surface area contributed by atoms with Crippen LogP contribution in [0.15, 0.2) is 27.1 Å². The van der Waals surface area contributed by atoms with Crippen LogP contribution in [0.25, 0.3) is 0 Å². The van der Waals surface area contributed by atoms with Crippen molar-refractivity contribution in [2.24, 2.45) is 0 Å². The van der Waals surface area contributed by atoms with Gasteiger partial charge < -0.3 is 4.74 Å². The van der Waals surface area contributed by atoms with Crippen LogP contribution in [0.4, 0.5) is 17.6 Å². The summed E-state index contributed by atoms with van der Waals surface area (Å²) in [5, 5.41) is -5.79. The number of hydrogen-bond donors (Lipinski definition) is 1. The number of hydrogen-bond acceptors (Lipinski definition) is 3. The molecule has 1 rings (SSSR count). The maximum absolute atomic E-state index is 13.1. The van der Waals surface area contributed by atoms with Crippen molar-refractivity contribution in [2.45, 2.75) is 11.4 Å². The molecule has 0 fully saturated rings. The second-order valence-corrected chi connectivity index (χ2v) is 6.42. The van der Waals surface area contributed by atoms with E-state index < -0.39 is 27.2 Å². The Balaban J connectivity index is 3.20. The highest BCUT2D eigenvalue weighted by atomic mass is 79.9. The van der Waals surface area contributed by atoms with Gasteiger partial charge in [0.15, 0.2) is 0 Å². The summed E-state index contributed by atoms with van der Waals surface area (Å²) in [5.41, 5.74) is 0. The van der Waals surface area contributed by atoms with Gasteiger partial charge in [0, 0.05) is 4.47 Å². The molecular weight excluding hydrogens is 428 g/mol. The summed E-state index contributed by atoms with van der Waals surface area (Å²) in [6.45, 7) is 0. The number of halogens is 6. The predicted molar refractivity (Wildman–Crippen MR) is 63.9 cm³/mol. The number of benzene rings is 1. The van der Waals surface area contributed by atoms with E-state index in [-0.39, 0.29) is 8.95 Å². The van der Waals surface area contributed by atoms with E-state index in [0.29, 0.717) is 0 Å². The standard InChI is InChI=1S/C8H4Br2F4O4S/c9-4-1-2-5(10)6(3-4)18-7(11,12)8(13,14)19(15,16)17/h1-3H,(H,15,16,17). The Morgan fingerprint density at radius 3 is 2.16 bits per heavy atom. The van der Waals surface area contributed by atoms with E-state index in [1.165, 1.54) is 12.1 Å². The van der Waals surface area contributed by atoms with Crippen molar-refractivity contribution in [3.8, 4) is 5.75 Å². The van der Waals surface area contributed by atoms with Crippen LogP contribution < -0.4 is 4.74 Å². The third-order valence-electron chi connectivity index (χ3n) is 1.79. The Morgan fingerprint density at radius 2 is 1.68 bits per heavy atom. The number of ether oxygens (including phenoxy) is 1. The molecule has 108 valence electrons. The van der Waals surface area contributed by atoms with Gasteiger partial charge in [0.05, 0.1) is 4.47 Å². The third-order valence-corrected chi connectivity index (χ3v) is 3.83. The molecule has 0 heterocycles. The van der Waals surface area contributed by atoms with Crippen LogP contribution in [0.5, 0.6) is 5.75 Å². The Bertz CT molecular complexity index is 590. The van der Waals surface area contributed by atoms with Gasteiger partial charge in [-0.25, -0.2) is 0 Å². The van der Waals surface area contributed by atoms with E-state index in [1.807, 2.05) is 0 Å². The first-order valence-electron chi connectivity index (χ1n) is 4.25. The van der Waals surface area contributed by atoms with Gasteiger partial charge in [0.1, 0.15) is 5.75 Å². The average Bonchev–Trinajstić information content (AvgIpc) is 2.21. The smallest absolute Gasteiger partial charge is 0.426 e. The summed E-state index contributed by atoms with van der Waals surface area (Å²) in [6, 6.07) is 3.52. The first-order valence-corrected chi connectivity index (χ1v) is 7.28. The zero-order valence-electron chi connectivity index (χ0n) is 8.58. The second kappa shape index (κ2) is 5.19. The Kier molecular flexibility index (Phi) is 4.55. The molecule has 1 aromatic rings. The molecule has 0 atom stereocenters. The largest absolute Gasteiger partial charge is 0.483 e. The molecule has 0 saturated carbocycles. The van der Waals surface area contributed by atoms with Crippen LogP contribution in [0, 0.1) is 0 Å². The van der Waals surface area contributed by atoms with Crippen LogP contribution in [0.1, 0.15) is 0 Å². The van der Waals surface area contributed by atoms with Crippen molar-refractivity contribution in [1.82, 2.24) is 0 Å². The third kappa shape index (κ3) is 3.38. The molecule has 0 aromatic heterocycles. The molecule has 11 heteroatoms. The Morgan fingerprint density at radius 1 is 1.16 bits per heavy atom. The first-order chi connectivity index (χ1) is 8.38. The van der Waals surface area contributed by atoms with E-state index in [0.717, 1.165) is 6.07 Å². The van der Waals surface area contributed by atoms with E-state index in [1.54, 1.807) is 0 Å². The summed E-state index contributed by atoms with van der Waals surface area (Å²) in [7, 11) is -6.34. The molecule has 0 spiro atoms. The Hall–Kier alpha value is -0.390. The summed E-state index contributed by atoms with van der Waals surface area (Å²) >= 11 is 5.66. The van der Waals surface area contributed by atoms with Crippen LogP contribution in [-0.4, -0.2) is 24.3 Å². The fourth-order valence-electron chi connectivity index (χ4n) is 0.903. The maximum Gasteiger partial charge on any atom is 0.483 e. The zero-order valence-corrected chi connectivity index (χ0v) is 12.6. The summed E-state index contributed by atoms with van der Waals surface area (Å²) in [5.74, 6) is -0.734. The summed E-state index contributed by atoms with van der Waals surface area (Å²) in [4.78, 5) is 0. The van der Waals surface area contributed by atoms with Gasteiger partial charge in [0.25, 0.3) is 0 Å². The average molecular weight is 432 g/mol. The number of rotatable bonds is 4. The van der Waals surface area contributed by atoms with Crippen molar-refractivity contribution in [1.29, 1.82) is 0 Å². The lowest BCUT2D eigenvalue weighted by atomic mass is 10.3. The molecule has 0 aliphatic rings. The minimum Gasteiger partial charge on any atom is -0.426 e. The van der Waals surface area contributed by atoms with Crippen molar-refractivity contribution < 1.29 is 35.3 Å². The quantitative estimate of drug-likeness (QED) is 0.583. The van der Waals surface area contributed by atoms with Gasteiger partial charge >= 0.3 is 21.5 Å². The molecule has 0 amide bonds. The van der Waals surface area contributed by atoms with Crippen LogP contribution in [0.3, 0.4) is 0 Å². The topological polar surface area (TPSA) is 63.6 Å². The highest BCUT2D eigenvalue weighted by molar-refractivity contribution is 9.11. The first kappa shape index (κ1) is 16.7. The molecule has 0 unspecified atom stereocenters. The molecule has 1 aromatic carbocycles. The SMILES string of the molecule is O=S(=O)(O)C(F)(F)C(F)(F)Oc1cc(Br)ccc1Br. The van der Waals surface area contributed by atoms with Gasteiger partial charge in [0.2, 0.25) is 0 Å². The molecule has 0 radical (unpaired) electrons. The Labute approximate surface area is 121 Å². The molecule has 0 bridgehead atoms. The monoisotopic (exact) mass is 430 g/mol. The molecule has 19 heavy (non-hydrogen) atoms. The maximum atomic E-state index is 13.1. The van der Waals surface area contributed by atoms with Crippen molar-refractivity contribution in [3.05, 3.63) is 27.1 Å². The lowest BCUT2D eigenvalue weighted by molar-refractivity contribution is -0.274. The van der Waals surface area contributed by atoms with E-state index in [9.17, 15) is 26.0 Å². The van der Waals surface area contributed by atoms with E-state index >= 15 is 0 Å². The highest BCUT2D eigenvalue weighted by Crippen LogP contribution is 2.42. The lowest BCUT2D eigenvalue weighted by Gasteiger charge is -2.24. The van der Waals surface area contributed by atoms with Crippen LogP contribution in [-0.2, 0) is 10.1 Å². The fraction of sp³-hybridized carbons (Fsp3) is 0.250. The molecule has 0 saturated heterocycles. The predicted octanol–water partition coefficient (Wildman–Crippen LogP) is 3.66. The summed E-state index contributed by atoms with van der Waals surface area (Å²) in [6.07, 6.45) is -5.45. The molecule has 4 nitrogen and oxygen atoms in total. The lowest BCUT2D eigenvalue weighted by Crippen LogP contribution is -2.50. The van der Waals surface area contributed by atoms with Crippen molar-refractivity contribution in [3.63, 3.8) is 0 Å². The zero-order chi connectivity index (χ0) is 15.1. The van der Waals surface area contributed by atoms with Gasteiger partial charge in [-0.1, -0.05) is 15.9 Å². The normalized spacial score (nSPS) is 13.4. The van der Waals surface area contributed by atoms with Crippen molar-refractivity contribution >= 4 is 42.0 Å². The number of alkyl halides is 4.